The quantitative estimate of drug-likeness (QED) is 0.628. The van der Waals surface area contributed by atoms with Crippen molar-refractivity contribution >= 4 is 31.8 Å². The molecule has 1 fully saturated rings. The fraction of sp³-hybridized carbons (Fsp3) is 0.714. The van der Waals surface area contributed by atoms with Crippen molar-refractivity contribution in [3.05, 3.63) is 5.69 Å². The van der Waals surface area contributed by atoms with Crippen molar-refractivity contribution in [3.8, 4) is 0 Å². The van der Waals surface area contributed by atoms with Gasteiger partial charge < -0.3 is 13.8 Å². The van der Waals surface area contributed by atoms with E-state index in [9.17, 15) is 4.79 Å². The molecule has 1 saturated heterocycles. The third-order valence-electron chi connectivity index (χ3n) is 4.27. The molecule has 0 atom stereocenters. The number of hydrogen-bond donors (Lipinski definition) is 0. The minimum atomic E-state index is -1.83. The maximum Gasteiger partial charge on any atom is 0.535 e. The molecule has 1 aliphatic heterocycles. The zero-order valence-corrected chi connectivity index (χ0v) is 15.2. The van der Waals surface area contributed by atoms with Gasteiger partial charge in [-0.3, -0.25) is 4.79 Å². The first kappa shape index (κ1) is 16.5. The molecule has 0 N–H and O–H groups in total. The van der Waals surface area contributed by atoms with E-state index in [1.807, 2.05) is 27.7 Å². The van der Waals surface area contributed by atoms with Crippen molar-refractivity contribution in [2.75, 3.05) is 0 Å². The molecule has 0 aliphatic carbocycles. The van der Waals surface area contributed by atoms with Gasteiger partial charge in [0.05, 0.1) is 19.3 Å². The Morgan fingerprint density at radius 1 is 1.10 bits per heavy atom. The number of carbonyl (C=O) groups excluding carboxylic acids is 1. The zero-order valence-electron chi connectivity index (χ0n) is 14.2. The minimum Gasteiger partial charge on any atom is -0.397 e. The van der Waals surface area contributed by atoms with Gasteiger partial charge >= 0.3 is 7.12 Å². The summed E-state index contributed by atoms with van der Waals surface area (Å²) in [7, 11) is -2.44. The predicted molar refractivity (Wildman–Crippen MR) is 85.2 cm³/mol. The van der Waals surface area contributed by atoms with Crippen LogP contribution in [0.5, 0.6) is 0 Å². The van der Waals surface area contributed by atoms with E-state index in [4.69, 9.17) is 13.8 Å². The van der Waals surface area contributed by atoms with Crippen LogP contribution in [0.25, 0.3) is 0 Å². The normalized spacial score (nSPS) is 20.9. The Labute approximate surface area is 127 Å². The molecule has 116 valence electrons. The Balaban J connectivity index is 2.50. The molecular formula is C14H24BNO4Si. The molecule has 21 heavy (non-hydrogen) atoms. The second-order valence-electron chi connectivity index (χ2n) is 7.66. The maximum atomic E-state index is 11.8. The van der Waals surface area contributed by atoms with Crippen LogP contribution in [-0.2, 0) is 9.31 Å². The number of ketones is 1. The highest BCUT2D eigenvalue weighted by Gasteiger charge is 2.55. The van der Waals surface area contributed by atoms with Crippen LogP contribution in [0.2, 0.25) is 19.6 Å². The molecule has 1 aromatic rings. The van der Waals surface area contributed by atoms with Gasteiger partial charge in [-0.15, -0.1) is 0 Å². The Bertz CT molecular complexity index is 558. The largest absolute Gasteiger partial charge is 0.535 e. The van der Waals surface area contributed by atoms with Gasteiger partial charge in [0.15, 0.2) is 11.4 Å². The summed E-state index contributed by atoms with van der Waals surface area (Å²) in [6.45, 7) is 15.9. The maximum absolute atomic E-state index is 11.8. The Morgan fingerprint density at radius 2 is 1.57 bits per heavy atom. The number of rotatable bonds is 3. The van der Waals surface area contributed by atoms with Gasteiger partial charge in [-0.05, 0) is 27.7 Å². The van der Waals surface area contributed by atoms with Gasteiger partial charge in [0.25, 0.3) is 0 Å². The van der Waals surface area contributed by atoms with E-state index < -0.39 is 26.4 Å². The van der Waals surface area contributed by atoms with Crippen molar-refractivity contribution in [2.24, 2.45) is 0 Å². The number of aromatic nitrogens is 1. The Kier molecular flexibility index (Phi) is 3.75. The zero-order chi connectivity index (χ0) is 16.2. The third kappa shape index (κ3) is 2.74. The van der Waals surface area contributed by atoms with E-state index in [0.717, 1.165) is 5.19 Å². The smallest absolute Gasteiger partial charge is 0.397 e. The lowest BCUT2D eigenvalue weighted by Gasteiger charge is -2.32. The van der Waals surface area contributed by atoms with Crippen LogP contribution in [0.3, 0.4) is 0 Å². The van der Waals surface area contributed by atoms with E-state index in [-0.39, 0.29) is 5.78 Å². The lowest BCUT2D eigenvalue weighted by Crippen LogP contribution is -2.54. The van der Waals surface area contributed by atoms with Crippen LogP contribution < -0.4 is 10.8 Å². The first-order chi connectivity index (χ1) is 9.37. The SMILES string of the molecule is CC(=O)c1noc(B2OC(C)(C)C(C)(C)O2)c1[Si](C)(C)C. The summed E-state index contributed by atoms with van der Waals surface area (Å²) in [4.78, 5) is 11.8. The summed E-state index contributed by atoms with van der Waals surface area (Å²) in [5.41, 5.74) is 0.0756. The second kappa shape index (κ2) is 4.79. The van der Waals surface area contributed by atoms with Gasteiger partial charge in [-0.25, -0.2) is 0 Å². The molecule has 2 rings (SSSR count). The van der Waals surface area contributed by atoms with E-state index in [0.29, 0.717) is 11.4 Å². The van der Waals surface area contributed by atoms with E-state index in [1.54, 1.807) is 0 Å². The van der Waals surface area contributed by atoms with Crippen molar-refractivity contribution < 1.29 is 18.6 Å². The van der Waals surface area contributed by atoms with Gasteiger partial charge in [0.2, 0.25) is 0 Å². The van der Waals surface area contributed by atoms with E-state index >= 15 is 0 Å². The molecule has 1 aliphatic rings. The van der Waals surface area contributed by atoms with Gasteiger partial charge in [0.1, 0.15) is 5.69 Å². The topological polar surface area (TPSA) is 61.6 Å². The summed E-state index contributed by atoms with van der Waals surface area (Å²) >= 11 is 0. The highest BCUT2D eigenvalue weighted by molar-refractivity contribution is 6.93. The van der Waals surface area contributed by atoms with Crippen molar-refractivity contribution in [1.29, 1.82) is 0 Å². The first-order valence-corrected chi connectivity index (χ1v) is 10.7. The van der Waals surface area contributed by atoms with Crippen LogP contribution in [0.1, 0.15) is 45.1 Å². The Hall–Kier alpha value is -0.918. The molecule has 0 amide bonds. The molecule has 5 nitrogen and oxygen atoms in total. The summed E-state index contributed by atoms with van der Waals surface area (Å²) in [5.74, 6) is -0.0843. The standard InChI is InChI=1S/C14H24BNO4Si/c1-9(17)10-11(21(6,7)8)12(18-16-10)15-19-13(2,3)14(4,5)20-15/h1-8H3. The van der Waals surface area contributed by atoms with Crippen molar-refractivity contribution in [1.82, 2.24) is 5.16 Å². The van der Waals surface area contributed by atoms with E-state index in [1.165, 1.54) is 6.92 Å². The molecule has 0 aromatic carbocycles. The third-order valence-corrected chi connectivity index (χ3v) is 6.25. The van der Waals surface area contributed by atoms with Crippen LogP contribution in [0, 0.1) is 0 Å². The minimum absolute atomic E-state index is 0.0843. The molecule has 0 radical (unpaired) electrons. The fourth-order valence-corrected chi connectivity index (χ4v) is 4.21. The molecule has 7 heteroatoms. The van der Waals surface area contributed by atoms with Crippen LogP contribution in [0.4, 0.5) is 0 Å². The lowest BCUT2D eigenvalue weighted by atomic mass is 9.85. The summed E-state index contributed by atoms with van der Waals surface area (Å²) in [6, 6.07) is 0. The summed E-state index contributed by atoms with van der Waals surface area (Å²) in [6.07, 6.45) is 0. The molecule has 0 spiro atoms. The average Bonchev–Trinajstić information content (AvgIpc) is 2.77. The molecule has 1 aromatic heterocycles. The highest BCUT2D eigenvalue weighted by atomic mass is 28.3. The first-order valence-electron chi connectivity index (χ1n) is 7.23. The second-order valence-corrected chi connectivity index (χ2v) is 12.7. The van der Waals surface area contributed by atoms with Gasteiger partial charge in [-0.2, -0.15) is 0 Å². The molecule has 0 unspecified atom stereocenters. The van der Waals surface area contributed by atoms with Gasteiger partial charge in [-0.1, -0.05) is 24.8 Å². The van der Waals surface area contributed by atoms with Gasteiger partial charge in [0, 0.05) is 12.1 Å². The highest BCUT2D eigenvalue weighted by Crippen LogP contribution is 2.36. The van der Waals surface area contributed by atoms with Crippen LogP contribution in [-0.4, -0.2) is 37.3 Å². The van der Waals surface area contributed by atoms with Crippen LogP contribution in [0.15, 0.2) is 4.52 Å². The Morgan fingerprint density at radius 3 is 1.95 bits per heavy atom. The summed E-state index contributed by atoms with van der Waals surface area (Å²) < 4.78 is 17.5. The molecule has 0 bridgehead atoms. The monoisotopic (exact) mass is 309 g/mol. The van der Waals surface area contributed by atoms with Crippen LogP contribution >= 0.6 is 0 Å². The number of carbonyl (C=O) groups is 1. The fourth-order valence-electron chi connectivity index (χ4n) is 2.38. The number of hydrogen-bond acceptors (Lipinski definition) is 5. The molecular weight excluding hydrogens is 285 g/mol. The number of Topliss-reactive ketones (excluding diaryl/α,β-unsaturated/α-hetero) is 1. The molecule has 2 heterocycles. The summed E-state index contributed by atoms with van der Waals surface area (Å²) in [5, 5.41) is 4.87. The van der Waals surface area contributed by atoms with Crippen molar-refractivity contribution in [2.45, 2.75) is 65.5 Å². The lowest BCUT2D eigenvalue weighted by molar-refractivity contribution is 0.00578. The number of nitrogens with zero attached hydrogens (tertiary/aromatic N) is 1. The predicted octanol–water partition coefficient (Wildman–Crippen LogP) is 1.72. The molecule has 0 saturated carbocycles. The van der Waals surface area contributed by atoms with E-state index in [2.05, 4.69) is 24.8 Å². The average molecular weight is 309 g/mol. The van der Waals surface area contributed by atoms with Crippen molar-refractivity contribution in [3.63, 3.8) is 0 Å².